The second-order valence-electron chi connectivity index (χ2n) is 5.62. The van der Waals surface area contributed by atoms with Crippen LogP contribution < -0.4 is 10.2 Å². The van der Waals surface area contributed by atoms with Crippen LogP contribution in [0.1, 0.15) is 5.56 Å². The number of nitrogens with one attached hydrogen (secondary N) is 1. The van der Waals surface area contributed by atoms with Crippen LogP contribution in [0.3, 0.4) is 0 Å². The average Bonchev–Trinajstić information content (AvgIpc) is 2.98. The Bertz CT molecular complexity index is 838. The summed E-state index contributed by atoms with van der Waals surface area (Å²) in [5, 5.41) is 16.1. The molecule has 0 bridgehead atoms. The van der Waals surface area contributed by atoms with Gasteiger partial charge < -0.3 is 15.3 Å². The predicted octanol–water partition coefficient (Wildman–Crippen LogP) is 3.20. The molecule has 2 heterocycles. The van der Waals surface area contributed by atoms with E-state index < -0.39 is 5.72 Å². The van der Waals surface area contributed by atoms with Gasteiger partial charge in [-0.1, -0.05) is 53.3 Å². The first kappa shape index (κ1) is 14.9. The lowest BCUT2D eigenvalue weighted by molar-refractivity contribution is 0.0212. The van der Waals surface area contributed by atoms with Crippen molar-refractivity contribution in [2.45, 2.75) is 5.72 Å². The Morgan fingerprint density at radius 3 is 2.87 bits per heavy atom. The van der Waals surface area contributed by atoms with Crippen molar-refractivity contribution in [3.05, 3.63) is 59.1 Å². The summed E-state index contributed by atoms with van der Waals surface area (Å²) in [6, 6.07) is 15.4. The molecule has 0 amide bonds. The predicted molar refractivity (Wildman–Crippen MR) is 95.2 cm³/mol. The van der Waals surface area contributed by atoms with Gasteiger partial charge in [-0.25, -0.2) is 4.98 Å². The van der Waals surface area contributed by atoms with E-state index in [-0.39, 0.29) is 0 Å². The van der Waals surface area contributed by atoms with Crippen molar-refractivity contribution in [3.8, 4) is 0 Å². The highest BCUT2D eigenvalue weighted by Gasteiger charge is 2.40. The third-order valence-electron chi connectivity index (χ3n) is 4.14. The molecule has 118 valence electrons. The van der Waals surface area contributed by atoms with E-state index >= 15 is 0 Å². The fourth-order valence-corrected chi connectivity index (χ4v) is 4.29. The third-order valence-corrected chi connectivity index (χ3v) is 5.41. The van der Waals surface area contributed by atoms with E-state index in [1.54, 1.807) is 11.3 Å². The van der Waals surface area contributed by atoms with Gasteiger partial charge in [-0.05, 0) is 18.2 Å². The molecule has 1 aliphatic rings. The molecule has 1 fully saturated rings. The van der Waals surface area contributed by atoms with Gasteiger partial charge in [0.2, 0.25) is 0 Å². The topological polar surface area (TPSA) is 48.4 Å². The summed E-state index contributed by atoms with van der Waals surface area (Å²) in [6.07, 6.45) is 0. The molecule has 1 aliphatic heterocycles. The van der Waals surface area contributed by atoms with Gasteiger partial charge >= 0.3 is 0 Å². The van der Waals surface area contributed by atoms with Gasteiger partial charge in [0.25, 0.3) is 0 Å². The van der Waals surface area contributed by atoms with Gasteiger partial charge in [-0.15, -0.1) is 0 Å². The molecule has 2 aromatic carbocycles. The SMILES string of the molecule is OC1(c2ccccc2)CNCCN1c1nc2ccc(Cl)cc2s1. The number of piperazine rings is 1. The van der Waals surface area contributed by atoms with Crippen LogP contribution in [0.4, 0.5) is 5.13 Å². The lowest BCUT2D eigenvalue weighted by Crippen LogP contribution is -2.59. The lowest BCUT2D eigenvalue weighted by atomic mass is 9.99. The summed E-state index contributed by atoms with van der Waals surface area (Å²) in [7, 11) is 0. The van der Waals surface area contributed by atoms with E-state index in [2.05, 4.69) is 5.32 Å². The Hall–Kier alpha value is -1.66. The Morgan fingerprint density at radius 2 is 2.04 bits per heavy atom. The lowest BCUT2D eigenvalue weighted by Gasteiger charge is -2.43. The number of fused-ring (bicyclic) bond motifs is 1. The van der Waals surface area contributed by atoms with E-state index in [4.69, 9.17) is 16.6 Å². The fraction of sp³-hybridized carbons (Fsp3) is 0.235. The molecule has 1 atom stereocenters. The molecule has 4 rings (SSSR count). The van der Waals surface area contributed by atoms with Crippen molar-refractivity contribution in [2.24, 2.45) is 0 Å². The minimum absolute atomic E-state index is 0.466. The number of aromatic nitrogens is 1. The van der Waals surface area contributed by atoms with Crippen molar-refractivity contribution in [2.75, 3.05) is 24.5 Å². The van der Waals surface area contributed by atoms with Crippen LogP contribution in [-0.4, -0.2) is 29.7 Å². The summed E-state index contributed by atoms with van der Waals surface area (Å²) in [5.74, 6) is 0. The number of aliphatic hydroxyl groups is 1. The molecule has 4 nitrogen and oxygen atoms in total. The number of rotatable bonds is 2. The summed E-state index contributed by atoms with van der Waals surface area (Å²) in [6.45, 7) is 1.97. The first-order valence-corrected chi connectivity index (χ1v) is 8.69. The normalized spacial score (nSPS) is 21.7. The average molecular weight is 346 g/mol. The van der Waals surface area contributed by atoms with Gasteiger partial charge in [0.15, 0.2) is 10.9 Å². The van der Waals surface area contributed by atoms with Crippen LogP contribution in [0.25, 0.3) is 10.2 Å². The maximum Gasteiger partial charge on any atom is 0.189 e. The monoisotopic (exact) mass is 345 g/mol. The minimum atomic E-state index is -1.10. The highest BCUT2D eigenvalue weighted by Crippen LogP contribution is 2.37. The van der Waals surface area contributed by atoms with Crippen molar-refractivity contribution in [3.63, 3.8) is 0 Å². The van der Waals surface area contributed by atoms with E-state index in [9.17, 15) is 5.11 Å². The van der Waals surface area contributed by atoms with Crippen LogP contribution >= 0.6 is 22.9 Å². The van der Waals surface area contributed by atoms with Gasteiger partial charge in [0, 0.05) is 30.2 Å². The smallest absolute Gasteiger partial charge is 0.189 e. The van der Waals surface area contributed by atoms with Crippen LogP contribution in [0, 0.1) is 0 Å². The third kappa shape index (κ3) is 2.60. The number of thiazole rings is 1. The molecule has 3 aromatic rings. The van der Waals surface area contributed by atoms with Crippen molar-refractivity contribution >= 4 is 38.3 Å². The number of hydrogen-bond donors (Lipinski definition) is 2. The van der Waals surface area contributed by atoms with E-state index in [1.165, 1.54) is 0 Å². The number of benzene rings is 2. The number of anilines is 1. The Balaban J connectivity index is 1.80. The number of β-amino-alcohol motifs (C(OH)–C–C–N with tert-alkyl or cyclic N) is 1. The zero-order valence-electron chi connectivity index (χ0n) is 12.4. The first-order valence-electron chi connectivity index (χ1n) is 7.49. The Kier molecular flexibility index (Phi) is 3.73. The van der Waals surface area contributed by atoms with Gasteiger partial charge in [0.05, 0.1) is 10.2 Å². The number of nitrogens with zero attached hydrogens (tertiary/aromatic N) is 2. The molecule has 0 radical (unpaired) electrons. The van der Waals surface area contributed by atoms with Crippen LogP contribution in [0.15, 0.2) is 48.5 Å². The van der Waals surface area contributed by atoms with Crippen molar-refractivity contribution < 1.29 is 5.11 Å². The maximum atomic E-state index is 11.3. The zero-order valence-corrected chi connectivity index (χ0v) is 13.9. The summed E-state index contributed by atoms with van der Waals surface area (Å²) < 4.78 is 1.03. The summed E-state index contributed by atoms with van der Waals surface area (Å²) in [4.78, 5) is 6.68. The molecular formula is C17H16ClN3OS. The first-order chi connectivity index (χ1) is 11.2. The Labute approximate surface area is 143 Å². The van der Waals surface area contributed by atoms with Crippen molar-refractivity contribution in [1.82, 2.24) is 10.3 Å². The standard InChI is InChI=1S/C17H16ClN3OS/c18-13-6-7-14-15(10-13)23-16(20-14)21-9-8-19-11-17(21,22)12-4-2-1-3-5-12/h1-7,10,19,22H,8-9,11H2. The molecule has 0 saturated carbocycles. The van der Waals surface area contributed by atoms with Gasteiger partial charge in [-0.3, -0.25) is 0 Å². The highest BCUT2D eigenvalue weighted by molar-refractivity contribution is 7.22. The van der Waals surface area contributed by atoms with Crippen molar-refractivity contribution in [1.29, 1.82) is 0 Å². The molecule has 6 heteroatoms. The second-order valence-corrected chi connectivity index (χ2v) is 7.07. The van der Waals surface area contributed by atoms with E-state index in [1.807, 2.05) is 53.4 Å². The van der Waals surface area contributed by atoms with Gasteiger partial charge in [-0.2, -0.15) is 0 Å². The second kappa shape index (κ2) is 5.76. The number of halogens is 1. The molecule has 1 unspecified atom stereocenters. The van der Waals surface area contributed by atoms with Crippen LogP contribution in [-0.2, 0) is 5.72 Å². The fourth-order valence-electron chi connectivity index (χ4n) is 2.95. The summed E-state index contributed by atoms with van der Waals surface area (Å²) >= 11 is 7.63. The van der Waals surface area contributed by atoms with Gasteiger partial charge in [0.1, 0.15) is 0 Å². The largest absolute Gasteiger partial charge is 0.366 e. The molecule has 1 aromatic heterocycles. The zero-order chi connectivity index (χ0) is 15.9. The molecule has 0 aliphatic carbocycles. The highest BCUT2D eigenvalue weighted by atomic mass is 35.5. The minimum Gasteiger partial charge on any atom is -0.366 e. The molecule has 0 spiro atoms. The summed E-state index contributed by atoms with van der Waals surface area (Å²) in [5.41, 5.74) is 0.671. The Morgan fingerprint density at radius 1 is 1.22 bits per heavy atom. The van der Waals surface area contributed by atoms with E-state index in [0.29, 0.717) is 18.1 Å². The molecule has 1 saturated heterocycles. The number of hydrogen-bond acceptors (Lipinski definition) is 5. The quantitative estimate of drug-likeness (QED) is 0.748. The van der Waals surface area contributed by atoms with Crippen LogP contribution in [0.5, 0.6) is 0 Å². The maximum absolute atomic E-state index is 11.3. The van der Waals surface area contributed by atoms with E-state index in [0.717, 1.165) is 27.5 Å². The molecule has 2 N–H and O–H groups in total. The molecule has 23 heavy (non-hydrogen) atoms. The van der Waals surface area contributed by atoms with Crippen LogP contribution in [0.2, 0.25) is 5.02 Å². The molecular weight excluding hydrogens is 330 g/mol.